The Hall–Kier alpha value is -0.843. The second-order valence-corrected chi connectivity index (χ2v) is 12.0. The van der Waals surface area contributed by atoms with Gasteiger partial charge in [0.2, 0.25) is 0 Å². The van der Waals surface area contributed by atoms with Gasteiger partial charge in [0.1, 0.15) is 0 Å². The number of alkyl halides is 1. The Kier molecular flexibility index (Phi) is 7.18. The zero-order valence-corrected chi connectivity index (χ0v) is 16.6. The highest BCUT2D eigenvalue weighted by atomic mass is 28.3. The van der Waals surface area contributed by atoms with Crippen molar-refractivity contribution in [3.8, 4) is 0 Å². The molecule has 0 aromatic heterocycles. The minimum Gasteiger partial charge on any atom is -0.251 e. The van der Waals surface area contributed by atoms with Crippen molar-refractivity contribution in [2.45, 2.75) is 81.3 Å². The first-order valence-electron chi connectivity index (χ1n) is 10.3. The summed E-state index contributed by atoms with van der Waals surface area (Å²) >= 11 is 0. The highest BCUT2D eigenvalue weighted by molar-refractivity contribution is 6.60. The molecule has 0 amide bonds. The highest BCUT2D eigenvalue weighted by Crippen LogP contribution is 2.44. The fourth-order valence-corrected chi connectivity index (χ4v) is 9.43. The summed E-state index contributed by atoms with van der Waals surface area (Å²) in [6, 6.07) is 4.85. The molecule has 146 valence electrons. The number of benzene rings is 1. The summed E-state index contributed by atoms with van der Waals surface area (Å²) in [6.45, 7) is -0.187. The molecule has 1 aromatic rings. The van der Waals surface area contributed by atoms with Gasteiger partial charge >= 0.3 is 0 Å². The molecule has 1 aliphatic heterocycles. The topological polar surface area (TPSA) is 0 Å². The molecule has 0 nitrogen and oxygen atoms in total. The number of hydrogen-bond donors (Lipinski definition) is 0. The van der Waals surface area contributed by atoms with E-state index in [1.54, 1.807) is 0 Å². The van der Waals surface area contributed by atoms with E-state index in [1.807, 2.05) is 0 Å². The molecule has 1 aliphatic carbocycles. The van der Waals surface area contributed by atoms with E-state index in [0.717, 1.165) is 30.7 Å². The Morgan fingerprint density at radius 1 is 0.846 bits per heavy atom. The average Bonchev–Trinajstić information content (AvgIpc) is 2.67. The van der Waals surface area contributed by atoms with Crippen molar-refractivity contribution < 1.29 is 17.6 Å². The molecular weight excluding hydrogens is 356 g/mol. The lowest BCUT2D eigenvalue weighted by atomic mass is 9.85. The fourth-order valence-electron chi connectivity index (χ4n) is 5.21. The summed E-state index contributed by atoms with van der Waals surface area (Å²) < 4.78 is 52.3. The molecule has 1 heterocycles. The monoisotopic (exact) mass is 386 g/mol. The average molecular weight is 387 g/mol. The molecule has 0 atom stereocenters. The molecule has 0 radical (unpaired) electrons. The van der Waals surface area contributed by atoms with Crippen LogP contribution >= 0.6 is 0 Å². The molecule has 1 saturated carbocycles. The lowest BCUT2D eigenvalue weighted by Crippen LogP contribution is -2.29. The van der Waals surface area contributed by atoms with Crippen LogP contribution in [-0.4, -0.2) is 15.5 Å². The lowest BCUT2D eigenvalue weighted by molar-refractivity contribution is 0.318. The van der Waals surface area contributed by atoms with Gasteiger partial charge in [-0.1, -0.05) is 50.6 Å². The summed E-state index contributed by atoms with van der Waals surface area (Å²) in [5, 5.41) is 0. The van der Waals surface area contributed by atoms with E-state index in [4.69, 9.17) is 0 Å². The van der Waals surface area contributed by atoms with E-state index >= 15 is 0 Å². The first kappa shape index (κ1) is 19.9. The third kappa shape index (κ3) is 4.90. The van der Waals surface area contributed by atoms with Crippen LogP contribution < -0.4 is 0 Å². The van der Waals surface area contributed by atoms with Crippen LogP contribution in [0.5, 0.6) is 0 Å². The van der Waals surface area contributed by atoms with Gasteiger partial charge in [0.05, 0.1) is 6.67 Å². The van der Waals surface area contributed by atoms with Crippen LogP contribution in [0, 0.1) is 23.4 Å². The molecule has 0 bridgehead atoms. The van der Waals surface area contributed by atoms with Crippen molar-refractivity contribution in [1.29, 1.82) is 0 Å². The standard InChI is InChI=1S/C21H30F4Si/c22-10-2-1-3-15-4-6-18(7-5-15)26-11-8-16(9-12-26)17-13-19(23)21(25)20(24)14-17/h13-16,18,26H,1-12H2/t15-,16?,18-,26?. The zero-order chi connectivity index (χ0) is 18.5. The normalized spacial score (nSPS) is 29.7. The molecule has 2 fully saturated rings. The van der Waals surface area contributed by atoms with Crippen LogP contribution in [0.15, 0.2) is 12.1 Å². The van der Waals surface area contributed by atoms with Gasteiger partial charge in [-0.05, 0) is 54.3 Å². The predicted molar refractivity (Wildman–Crippen MR) is 101 cm³/mol. The Morgan fingerprint density at radius 2 is 1.46 bits per heavy atom. The lowest BCUT2D eigenvalue weighted by Gasteiger charge is -2.37. The molecule has 0 spiro atoms. The highest BCUT2D eigenvalue weighted by Gasteiger charge is 2.32. The summed E-state index contributed by atoms with van der Waals surface area (Å²) in [5.41, 5.74) is 1.54. The van der Waals surface area contributed by atoms with E-state index in [9.17, 15) is 17.6 Å². The zero-order valence-electron chi connectivity index (χ0n) is 15.5. The molecule has 2 aliphatic rings. The van der Waals surface area contributed by atoms with E-state index in [2.05, 4.69) is 0 Å². The van der Waals surface area contributed by atoms with Crippen molar-refractivity contribution >= 4 is 8.80 Å². The third-order valence-electron chi connectivity index (χ3n) is 6.80. The van der Waals surface area contributed by atoms with Crippen LogP contribution in [-0.2, 0) is 0 Å². The Bertz CT molecular complexity index is 552. The van der Waals surface area contributed by atoms with Gasteiger partial charge < -0.3 is 0 Å². The molecule has 5 heteroatoms. The number of hydrogen-bond acceptors (Lipinski definition) is 0. The third-order valence-corrected chi connectivity index (χ3v) is 11.0. The maximum absolute atomic E-state index is 13.5. The Morgan fingerprint density at radius 3 is 2.04 bits per heavy atom. The summed E-state index contributed by atoms with van der Waals surface area (Å²) in [5.74, 6) is -2.51. The maximum atomic E-state index is 13.5. The molecule has 26 heavy (non-hydrogen) atoms. The quantitative estimate of drug-likeness (QED) is 0.216. The Balaban J connectivity index is 1.46. The van der Waals surface area contributed by atoms with Crippen molar-refractivity contribution in [3.05, 3.63) is 35.1 Å². The van der Waals surface area contributed by atoms with Gasteiger partial charge in [0, 0.05) is 8.80 Å². The predicted octanol–water partition coefficient (Wildman–Crippen LogP) is 6.91. The molecule has 0 unspecified atom stereocenters. The van der Waals surface area contributed by atoms with Gasteiger partial charge in [-0.2, -0.15) is 0 Å². The van der Waals surface area contributed by atoms with Crippen molar-refractivity contribution in [1.82, 2.24) is 0 Å². The fraction of sp³-hybridized carbons (Fsp3) is 0.714. The minimum atomic E-state index is -1.36. The van der Waals surface area contributed by atoms with Crippen LogP contribution in [0.25, 0.3) is 0 Å². The van der Waals surface area contributed by atoms with Gasteiger partial charge in [-0.25, -0.2) is 13.2 Å². The largest absolute Gasteiger partial charge is 0.251 e. The van der Waals surface area contributed by atoms with Gasteiger partial charge in [0.15, 0.2) is 17.5 Å². The second kappa shape index (κ2) is 9.38. The van der Waals surface area contributed by atoms with Crippen LogP contribution in [0.2, 0.25) is 17.6 Å². The Labute approximate surface area is 156 Å². The number of unbranched alkanes of at least 4 members (excludes halogenated alkanes) is 1. The number of halogens is 4. The van der Waals surface area contributed by atoms with E-state index in [1.165, 1.54) is 56.3 Å². The van der Waals surface area contributed by atoms with Crippen LogP contribution in [0.4, 0.5) is 17.6 Å². The molecule has 0 N–H and O–H groups in total. The van der Waals surface area contributed by atoms with E-state index in [0.29, 0.717) is 12.0 Å². The number of rotatable bonds is 6. The molecular formula is C21H30F4Si. The summed E-state index contributed by atoms with van der Waals surface area (Å²) in [6.07, 6.45) is 10.2. The first-order valence-corrected chi connectivity index (χ1v) is 12.6. The van der Waals surface area contributed by atoms with Gasteiger partial charge in [-0.15, -0.1) is 0 Å². The van der Waals surface area contributed by atoms with Crippen LogP contribution in [0.3, 0.4) is 0 Å². The van der Waals surface area contributed by atoms with Crippen molar-refractivity contribution in [2.24, 2.45) is 5.92 Å². The van der Waals surface area contributed by atoms with Gasteiger partial charge in [0.25, 0.3) is 0 Å². The van der Waals surface area contributed by atoms with E-state index < -0.39 is 26.2 Å². The summed E-state index contributed by atoms with van der Waals surface area (Å²) in [4.78, 5) is 0. The first-order chi connectivity index (χ1) is 12.6. The summed E-state index contributed by atoms with van der Waals surface area (Å²) in [7, 11) is -0.786. The molecule has 1 aromatic carbocycles. The SMILES string of the molecule is FCCCC[C@H]1CC[C@H]([SiH]2CCC(c3cc(F)c(F)c(F)c3)CC2)CC1. The molecule has 1 saturated heterocycles. The van der Waals surface area contributed by atoms with Gasteiger partial charge in [-0.3, -0.25) is 4.39 Å². The van der Waals surface area contributed by atoms with Crippen LogP contribution in [0.1, 0.15) is 69.3 Å². The van der Waals surface area contributed by atoms with E-state index in [-0.39, 0.29) is 12.6 Å². The second-order valence-electron chi connectivity index (χ2n) is 8.38. The minimum absolute atomic E-state index is 0.181. The smallest absolute Gasteiger partial charge is 0.194 e. The van der Waals surface area contributed by atoms with Crippen molar-refractivity contribution in [2.75, 3.05) is 6.67 Å². The molecule has 3 rings (SSSR count). The maximum Gasteiger partial charge on any atom is 0.194 e. The van der Waals surface area contributed by atoms with Crippen molar-refractivity contribution in [3.63, 3.8) is 0 Å².